The van der Waals surface area contributed by atoms with Crippen molar-refractivity contribution in [3.63, 3.8) is 0 Å². The van der Waals surface area contributed by atoms with Gasteiger partial charge < -0.3 is 10.6 Å². The Morgan fingerprint density at radius 1 is 1.00 bits per heavy atom. The van der Waals surface area contributed by atoms with E-state index >= 15 is 0 Å². The van der Waals surface area contributed by atoms with E-state index in [1.165, 1.54) is 17.7 Å². The number of rotatable bonds is 7. The smallest absolute Gasteiger partial charge is 0.128 e. The van der Waals surface area contributed by atoms with Crippen molar-refractivity contribution in [2.45, 2.75) is 19.4 Å². The highest BCUT2D eigenvalue weighted by Crippen LogP contribution is 2.19. The monoisotopic (exact) mass is 335 g/mol. The molecule has 0 fully saturated rings. The topological polar surface area (TPSA) is 37.0 Å². The molecule has 0 aliphatic heterocycles. The summed E-state index contributed by atoms with van der Waals surface area (Å²) in [6.45, 7) is 2.90. The van der Waals surface area contributed by atoms with Gasteiger partial charge in [-0.15, -0.1) is 0 Å². The number of pyridine rings is 1. The van der Waals surface area contributed by atoms with Crippen molar-refractivity contribution in [3.05, 3.63) is 89.9 Å². The Kier molecular flexibility index (Phi) is 5.62. The summed E-state index contributed by atoms with van der Waals surface area (Å²) in [7, 11) is 0. The van der Waals surface area contributed by atoms with Gasteiger partial charge in [-0.25, -0.2) is 9.37 Å². The van der Waals surface area contributed by atoms with Crippen molar-refractivity contribution < 1.29 is 4.39 Å². The van der Waals surface area contributed by atoms with Gasteiger partial charge in [-0.05, 0) is 42.7 Å². The average Bonchev–Trinajstić information content (AvgIpc) is 2.64. The van der Waals surface area contributed by atoms with Gasteiger partial charge in [0.05, 0.1) is 0 Å². The fraction of sp³-hybridized carbons (Fsp3) is 0.190. The van der Waals surface area contributed by atoms with Crippen LogP contribution in [0, 0.1) is 5.82 Å². The van der Waals surface area contributed by atoms with E-state index in [9.17, 15) is 4.39 Å². The molecule has 4 heteroatoms. The number of aromatic nitrogens is 1. The predicted octanol–water partition coefficient (Wildman–Crippen LogP) is 5.05. The Morgan fingerprint density at radius 2 is 1.76 bits per heavy atom. The van der Waals surface area contributed by atoms with Crippen molar-refractivity contribution in [1.82, 2.24) is 4.98 Å². The van der Waals surface area contributed by atoms with Crippen LogP contribution in [0.2, 0.25) is 0 Å². The summed E-state index contributed by atoms with van der Waals surface area (Å²) in [5.74, 6) is 0.636. The van der Waals surface area contributed by atoms with Gasteiger partial charge in [0.1, 0.15) is 11.6 Å². The van der Waals surface area contributed by atoms with Crippen LogP contribution in [0.25, 0.3) is 0 Å². The minimum Gasteiger partial charge on any atom is -0.385 e. The Morgan fingerprint density at radius 3 is 2.52 bits per heavy atom. The predicted molar refractivity (Wildman–Crippen MR) is 101 cm³/mol. The van der Waals surface area contributed by atoms with E-state index in [1.54, 1.807) is 6.20 Å². The van der Waals surface area contributed by atoms with Crippen LogP contribution in [-0.4, -0.2) is 11.5 Å². The minimum absolute atomic E-state index is 0.183. The van der Waals surface area contributed by atoms with Gasteiger partial charge in [0.2, 0.25) is 0 Å². The Balaban J connectivity index is 1.55. The van der Waals surface area contributed by atoms with Gasteiger partial charge in [-0.1, -0.05) is 42.5 Å². The molecule has 0 saturated heterocycles. The second-order valence-corrected chi connectivity index (χ2v) is 6.01. The van der Waals surface area contributed by atoms with Crippen molar-refractivity contribution in [1.29, 1.82) is 0 Å². The molecule has 128 valence electrons. The summed E-state index contributed by atoms with van der Waals surface area (Å²) in [5, 5.41) is 6.81. The zero-order valence-electron chi connectivity index (χ0n) is 14.2. The highest BCUT2D eigenvalue weighted by molar-refractivity contribution is 5.52. The zero-order chi connectivity index (χ0) is 17.5. The van der Waals surface area contributed by atoms with Crippen molar-refractivity contribution in [2.75, 3.05) is 17.2 Å². The van der Waals surface area contributed by atoms with Gasteiger partial charge in [0, 0.05) is 30.5 Å². The van der Waals surface area contributed by atoms with Gasteiger partial charge >= 0.3 is 0 Å². The number of benzene rings is 2. The fourth-order valence-electron chi connectivity index (χ4n) is 2.67. The van der Waals surface area contributed by atoms with E-state index in [2.05, 4.69) is 34.7 Å². The van der Waals surface area contributed by atoms with Gasteiger partial charge in [-0.2, -0.15) is 0 Å². The van der Waals surface area contributed by atoms with E-state index in [0.29, 0.717) is 0 Å². The van der Waals surface area contributed by atoms with E-state index in [0.717, 1.165) is 30.0 Å². The molecule has 25 heavy (non-hydrogen) atoms. The lowest BCUT2D eigenvalue weighted by atomic mass is 10.1. The number of nitrogens with one attached hydrogen (secondary N) is 2. The molecule has 3 rings (SSSR count). The molecule has 0 amide bonds. The van der Waals surface area contributed by atoms with E-state index < -0.39 is 0 Å². The molecule has 3 nitrogen and oxygen atoms in total. The van der Waals surface area contributed by atoms with Crippen LogP contribution in [0.3, 0.4) is 0 Å². The quantitative estimate of drug-likeness (QED) is 0.634. The van der Waals surface area contributed by atoms with Crippen molar-refractivity contribution in [2.24, 2.45) is 0 Å². The second-order valence-electron chi connectivity index (χ2n) is 6.01. The Bertz CT molecular complexity index is 788. The molecule has 1 aromatic heterocycles. The number of hydrogen-bond donors (Lipinski definition) is 2. The summed E-state index contributed by atoms with van der Waals surface area (Å²) in [4.78, 5) is 4.39. The van der Waals surface area contributed by atoms with E-state index in [1.807, 2.05) is 42.5 Å². The number of halogens is 1. The molecule has 0 radical (unpaired) electrons. The van der Waals surface area contributed by atoms with E-state index in [4.69, 9.17) is 0 Å². The molecule has 0 unspecified atom stereocenters. The van der Waals surface area contributed by atoms with Crippen LogP contribution < -0.4 is 10.6 Å². The molecule has 2 N–H and O–H groups in total. The van der Waals surface area contributed by atoms with Gasteiger partial charge in [0.25, 0.3) is 0 Å². The number of hydrogen-bond acceptors (Lipinski definition) is 3. The molecule has 2 aromatic carbocycles. The molecular weight excluding hydrogens is 313 g/mol. The molecule has 3 aromatic rings. The molecule has 0 aliphatic carbocycles. The first-order valence-electron chi connectivity index (χ1n) is 8.46. The summed E-state index contributed by atoms with van der Waals surface area (Å²) in [6.07, 6.45) is 2.63. The normalized spacial score (nSPS) is 11.8. The maximum atomic E-state index is 12.9. The number of nitrogens with zero attached hydrogens (tertiary/aromatic N) is 1. The van der Waals surface area contributed by atoms with Gasteiger partial charge in [-0.3, -0.25) is 0 Å². The summed E-state index contributed by atoms with van der Waals surface area (Å²) >= 11 is 0. The SMILES string of the molecule is C[C@H](Nc1cc(NCCc2ccc(F)cc2)ccn1)c1ccccc1. The van der Waals surface area contributed by atoms with Crippen LogP contribution in [0.15, 0.2) is 72.9 Å². The summed E-state index contributed by atoms with van der Waals surface area (Å²) < 4.78 is 12.9. The van der Waals surface area contributed by atoms with Crippen LogP contribution in [0.1, 0.15) is 24.1 Å². The number of anilines is 2. The largest absolute Gasteiger partial charge is 0.385 e. The molecule has 0 aliphatic rings. The third-order valence-corrected chi connectivity index (χ3v) is 4.08. The van der Waals surface area contributed by atoms with Crippen LogP contribution in [0.4, 0.5) is 15.9 Å². The second kappa shape index (κ2) is 8.29. The Hall–Kier alpha value is -2.88. The average molecular weight is 335 g/mol. The third kappa shape index (κ3) is 5.05. The van der Waals surface area contributed by atoms with Crippen molar-refractivity contribution in [3.8, 4) is 0 Å². The lowest BCUT2D eigenvalue weighted by Gasteiger charge is -2.16. The van der Waals surface area contributed by atoms with Gasteiger partial charge in [0.15, 0.2) is 0 Å². The maximum absolute atomic E-state index is 12.9. The molecule has 0 spiro atoms. The first-order valence-corrected chi connectivity index (χ1v) is 8.46. The lowest BCUT2D eigenvalue weighted by molar-refractivity contribution is 0.627. The van der Waals surface area contributed by atoms with E-state index in [-0.39, 0.29) is 11.9 Å². The zero-order valence-corrected chi connectivity index (χ0v) is 14.2. The Labute approximate surface area is 147 Å². The summed E-state index contributed by atoms with van der Waals surface area (Å²) in [6, 6.07) is 21.0. The summed E-state index contributed by atoms with van der Waals surface area (Å²) in [5.41, 5.74) is 3.35. The first-order chi connectivity index (χ1) is 12.2. The molecule has 0 bridgehead atoms. The van der Waals surface area contributed by atoms with Crippen LogP contribution in [-0.2, 0) is 6.42 Å². The highest BCUT2D eigenvalue weighted by Gasteiger charge is 2.05. The molecular formula is C21H22FN3. The first kappa shape index (κ1) is 17.0. The molecule has 0 saturated carbocycles. The van der Waals surface area contributed by atoms with Crippen molar-refractivity contribution >= 4 is 11.5 Å². The lowest BCUT2D eigenvalue weighted by Crippen LogP contribution is -2.09. The van der Waals surface area contributed by atoms with Crippen LogP contribution in [0.5, 0.6) is 0 Å². The standard InChI is InChI=1S/C21H22FN3/c1-16(18-5-3-2-4-6-18)25-21-15-20(12-14-24-21)23-13-11-17-7-9-19(22)10-8-17/h2-10,12,14-16H,11,13H2,1H3,(H2,23,24,25)/t16-/m0/s1. The highest BCUT2D eigenvalue weighted by atomic mass is 19.1. The third-order valence-electron chi connectivity index (χ3n) is 4.08. The molecule has 1 atom stereocenters. The van der Waals surface area contributed by atoms with Crippen LogP contribution >= 0.6 is 0 Å². The molecule has 1 heterocycles. The minimum atomic E-state index is -0.200. The maximum Gasteiger partial charge on any atom is 0.128 e. The fourth-order valence-corrected chi connectivity index (χ4v) is 2.67.